The lowest BCUT2D eigenvalue weighted by atomic mass is 10.1. The molecule has 2 aliphatic heterocycles. The number of halogens is 2. The van der Waals surface area contributed by atoms with Crippen molar-refractivity contribution in [2.75, 3.05) is 6.67 Å². The van der Waals surface area contributed by atoms with Crippen LogP contribution in [0.4, 0.5) is 4.39 Å². The molecule has 2 aliphatic rings. The number of ether oxygens (including phenoxy) is 4. The Balaban J connectivity index is 1.70. The van der Waals surface area contributed by atoms with Gasteiger partial charge in [-0.1, -0.05) is 43.1 Å². The lowest BCUT2D eigenvalue weighted by Gasteiger charge is -2.26. The van der Waals surface area contributed by atoms with E-state index in [0.717, 1.165) is 18.4 Å². The molecule has 128 valence electrons. The Bertz CT molecular complexity index is 543. The second kappa shape index (κ2) is 7.03. The van der Waals surface area contributed by atoms with Crippen molar-refractivity contribution in [1.82, 2.24) is 0 Å². The van der Waals surface area contributed by atoms with Crippen molar-refractivity contribution in [3.63, 3.8) is 0 Å². The molecule has 1 unspecified atom stereocenters. The fraction of sp³-hybridized carbons (Fsp3) is 0.647. The molecule has 0 saturated carbocycles. The van der Waals surface area contributed by atoms with Gasteiger partial charge in [0.25, 0.3) is 0 Å². The third-order valence-electron chi connectivity index (χ3n) is 4.22. The third kappa shape index (κ3) is 3.54. The summed E-state index contributed by atoms with van der Waals surface area (Å²) in [5.74, 6) is -1.25. The van der Waals surface area contributed by atoms with Crippen LogP contribution in [-0.2, 0) is 25.6 Å². The van der Waals surface area contributed by atoms with E-state index in [1.54, 1.807) is 6.92 Å². The van der Waals surface area contributed by atoms with Crippen LogP contribution in [-0.4, -0.2) is 37.1 Å². The van der Waals surface area contributed by atoms with Crippen molar-refractivity contribution >= 4 is 11.6 Å². The number of hydrogen-bond donors (Lipinski definition) is 0. The molecular formula is C17H22ClFO4. The van der Waals surface area contributed by atoms with Crippen molar-refractivity contribution in [2.24, 2.45) is 0 Å². The Morgan fingerprint density at radius 2 is 2.09 bits per heavy atom. The van der Waals surface area contributed by atoms with Crippen LogP contribution in [0.25, 0.3) is 0 Å². The van der Waals surface area contributed by atoms with E-state index in [0.29, 0.717) is 11.6 Å². The number of alkyl halides is 1. The first-order chi connectivity index (χ1) is 11.1. The van der Waals surface area contributed by atoms with Crippen LogP contribution in [0.1, 0.15) is 32.3 Å². The largest absolute Gasteiger partial charge is 0.368 e. The molecule has 0 aliphatic carbocycles. The molecular weight excluding hydrogens is 323 g/mol. The highest BCUT2D eigenvalue weighted by atomic mass is 35.5. The summed E-state index contributed by atoms with van der Waals surface area (Å²) in [4.78, 5) is 0. The van der Waals surface area contributed by atoms with Gasteiger partial charge in [-0.3, -0.25) is 0 Å². The molecule has 4 nitrogen and oxygen atoms in total. The molecule has 1 aromatic rings. The summed E-state index contributed by atoms with van der Waals surface area (Å²) in [6, 6.07) is 7.54. The highest BCUT2D eigenvalue weighted by Gasteiger charge is 2.56. The van der Waals surface area contributed by atoms with Gasteiger partial charge in [-0.25, -0.2) is 4.39 Å². The van der Waals surface area contributed by atoms with E-state index >= 15 is 0 Å². The van der Waals surface area contributed by atoms with Crippen molar-refractivity contribution < 1.29 is 23.3 Å². The van der Waals surface area contributed by atoms with Crippen molar-refractivity contribution in [3.05, 3.63) is 34.9 Å². The summed E-state index contributed by atoms with van der Waals surface area (Å²) in [7, 11) is 0. The zero-order valence-corrected chi connectivity index (χ0v) is 14.1. The van der Waals surface area contributed by atoms with Gasteiger partial charge in [0.05, 0.1) is 12.7 Å². The van der Waals surface area contributed by atoms with Crippen molar-refractivity contribution in [1.29, 1.82) is 0 Å². The van der Waals surface area contributed by atoms with Gasteiger partial charge in [-0.05, 0) is 25.0 Å². The third-order valence-corrected chi connectivity index (χ3v) is 4.59. The quantitative estimate of drug-likeness (QED) is 0.785. The maximum atomic E-state index is 13.1. The number of fused-ring (bicyclic) bond motifs is 1. The molecule has 0 N–H and O–H groups in total. The van der Waals surface area contributed by atoms with Crippen LogP contribution in [0.15, 0.2) is 24.3 Å². The summed E-state index contributed by atoms with van der Waals surface area (Å²) in [6.07, 6.45) is 0.361. The molecule has 0 spiro atoms. The topological polar surface area (TPSA) is 36.9 Å². The van der Waals surface area contributed by atoms with Crippen LogP contribution < -0.4 is 0 Å². The van der Waals surface area contributed by atoms with Gasteiger partial charge in [-0.2, -0.15) is 0 Å². The van der Waals surface area contributed by atoms with E-state index in [-0.39, 0.29) is 12.2 Å². The highest BCUT2D eigenvalue weighted by Crippen LogP contribution is 2.40. The predicted octanol–water partition coefficient (Wildman–Crippen LogP) is 3.85. The zero-order valence-electron chi connectivity index (χ0n) is 13.3. The fourth-order valence-corrected chi connectivity index (χ4v) is 3.25. The molecule has 0 radical (unpaired) electrons. The normalized spacial score (nSPS) is 36.3. The second-order valence-electron chi connectivity index (χ2n) is 6.17. The van der Waals surface area contributed by atoms with Crippen molar-refractivity contribution in [3.8, 4) is 0 Å². The number of hydrogen-bond acceptors (Lipinski definition) is 4. The van der Waals surface area contributed by atoms with Crippen molar-refractivity contribution in [2.45, 2.75) is 63.7 Å². The smallest absolute Gasteiger partial charge is 0.197 e. The highest BCUT2D eigenvalue weighted by molar-refractivity contribution is 6.31. The molecule has 0 aromatic heterocycles. The lowest BCUT2D eigenvalue weighted by molar-refractivity contribution is -0.234. The maximum Gasteiger partial charge on any atom is 0.197 e. The van der Waals surface area contributed by atoms with Gasteiger partial charge in [-0.15, -0.1) is 0 Å². The monoisotopic (exact) mass is 344 g/mol. The fourth-order valence-electron chi connectivity index (χ4n) is 3.06. The SMILES string of the molecule is CCC[C@H]1O[C@@H]2OC(C)(CF)O[C@@H]2[C@H]1OCc1ccccc1Cl. The Hall–Kier alpha value is -0.720. The summed E-state index contributed by atoms with van der Waals surface area (Å²) >= 11 is 6.17. The first kappa shape index (κ1) is 17.1. The lowest BCUT2D eigenvalue weighted by Crippen LogP contribution is -2.38. The Labute approximate surface area is 140 Å². The summed E-state index contributed by atoms with van der Waals surface area (Å²) in [5.41, 5.74) is 0.903. The molecule has 0 bridgehead atoms. The molecule has 6 heteroatoms. The summed E-state index contributed by atoms with van der Waals surface area (Å²) in [5, 5.41) is 0.659. The molecule has 3 rings (SSSR count). The second-order valence-corrected chi connectivity index (χ2v) is 6.57. The van der Waals surface area contributed by atoms with Gasteiger partial charge < -0.3 is 18.9 Å². The van der Waals surface area contributed by atoms with Crippen LogP contribution >= 0.6 is 11.6 Å². The number of rotatable bonds is 6. The molecule has 2 heterocycles. The minimum Gasteiger partial charge on any atom is -0.368 e. The first-order valence-corrected chi connectivity index (χ1v) is 8.36. The summed E-state index contributed by atoms with van der Waals surface area (Å²) in [6.45, 7) is 3.29. The molecule has 2 fully saturated rings. The van der Waals surface area contributed by atoms with Crippen LogP contribution in [0.3, 0.4) is 0 Å². The first-order valence-electron chi connectivity index (χ1n) is 7.98. The van der Waals surface area contributed by atoms with Gasteiger partial charge in [0.15, 0.2) is 12.1 Å². The molecule has 5 atom stereocenters. The average molecular weight is 345 g/mol. The average Bonchev–Trinajstić information content (AvgIpc) is 3.01. The molecule has 23 heavy (non-hydrogen) atoms. The minimum atomic E-state index is -1.25. The molecule has 0 amide bonds. The van der Waals surface area contributed by atoms with E-state index < -0.39 is 24.9 Å². The van der Waals surface area contributed by atoms with E-state index in [1.807, 2.05) is 24.3 Å². The predicted molar refractivity (Wildman–Crippen MR) is 83.9 cm³/mol. The van der Waals surface area contributed by atoms with Gasteiger partial charge in [0, 0.05) is 5.02 Å². The summed E-state index contributed by atoms with van der Waals surface area (Å²) < 4.78 is 36.4. The van der Waals surface area contributed by atoms with Crippen LogP contribution in [0, 0.1) is 0 Å². The standard InChI is InChI=1S/C17H22ClFO4/c1-3-6-13-14(20-9-11-7-4-5-8-12(11)18)15-16(21-13)23-17(2,10-19)22-15/h4-5,7-8,13-16H,3,6,9-10H2,1-2H3/t13-,14+,15-,16-,17?/m1/s1. The maximum absolute atomic E-state index is 13.1. The zero-order chi connectivity index (χ0) is 16.4. The Morgan fingerprint density at radius 3 is 2.78 bits per heavy atom. The van der Waals surface area contributed by atoms with E-state index in [9.17, 15) is 4.39 Å². The van der Waals surface area contributed by atoms with E-state index in [2.05, 4.69) is 6.92 Å². The Kier molecular flexibility index (Phi) is 5.23. The Morgan fingerprint density at radius 1 is 1.30 bits per heavy atom. The van der Waals surface area contributed by atoms with Gasteiger partial charge >= 0.3 is 0 Å². The minimum absolute atomic E-state index is 0.123. The molecule has 2 saturated heterocycles. The van der Waals surface area contributed by atoms with Crippen LogP contribution in [0.5, 0.6) is 0 Å². The number of benzene rings is 1. The van der Waals surface area contributed by atoms with E-state index in [4.69, 9.17) is 30.5 Å². The van der Waals surface area contributed by atoms with Gasteiger partial charge in [0.2, 0.25) is 0 Å². The van der Waals surface area contributed by atoms with Gasteiger partial charge in [0.1, 0.15) is 18.9 Å². The van der Waals surface area contributed by atoms with E-state index in [1.165, 1.54) is 0 Å². The molecule has 1 aromatic carbocycles. The van der Waals surface area contributed by atoms with Crippen LogP contribution in [0.2, 0.25) is 5.02 Å².